The van der Waals surface area contributed by atoms with E-state index in [4.69, 9.17) is 28.2 Å². The van der Waals surface area contributed by atoms with Crippen LogP contribution in [0.2, 0.25) is 10.2 Å². The van der Waals surface area contributed by atoms with Crippen molar-refractivity contribution in [3.63, 3.8) is 0 Å². The van der Waals surface area contributed by atoms with Crippen LogP contribution in [0.5, 0.6) is 0 Å². The molecule has 158 valence electrons. The number of pyridine rings is 1. The normalized spacial score (nSPS) is 11.6. The Bertz CT molecular complexity index is 1260. The second-order valence-electron chi connectivity index (χ2n) is 8.16. The molecule has 0 amide bonds. The molecule has 0 bridgehead atoms. The van der Waals surface area contributed by atoms with Crippen LogP contribution in [0, 0.1) is 5.82 Å². The van der Waals surface area contributed by atoms with E-state index in [0.717, 1.165) is 16.7 Å². The smallest absolute Gasteiger partial charge is 0.161 e. The predicted octanol–water partition coefficient (Wildman–Crippen LogP) is 8.05. The molecule has 0 aliphatic heterocycles. The van der Waals surface area contributed by atoms with Crippen molar-refractivity contribution in [3.8, 4) is 22.5 Å². The Kier molecular flexibility index (Phi) is 5.96. The molecular weight excluding hydrogens is 432 g/mol. The number of benzene rings is 2. The van der Waals surface area contributed by atoms with Gasteiger partial charge in [0, 0.05) is 16.5 Å². The Morgan fingerprint density at radius 1 is 0.806 bits per heavy atom. The van der Waals surface area contributed by atoms with Gasteiger partial charge < -0.3 is 0 Å². The van der Waals surface area contributed by atoms with Gasteiger partial charge in [0.05, 0.1) is 10.7 Å². The summed E-state index contributed by atoms with van der Waals surface area (Å²) in [5.74, 6) is 0.135. The first kappa shape index (κ1) is 21.7. The highest BCUT2D eigenvalue weighted by atomic mass is 35.5. The SMILES string of the molecule is CC(C)c1cccc(C(C)C)c1-c1nnc(Cl)c2cc(Cl)c(-c3ccccc3F)nc12. The van der Waals surface area contributed by atoms with Crippen LogP contribution >= 0.6 is 23.2 Å². The fraction of sp³-hybridized carbons (Fsp3) is 0.240. The van der Waals surface area contributed by atoms with Gasteiger partial charge in [0.1, 0.15) is 17.0 Å². The third kappa shape index (κ3) is 3.90. The quantitative estimate of drug-likeness (QED) is 0.313. The van der Waals surface area contributed by atoms with E-state index in [1.807, 2.05) is 0 Å². The first-order valence-electron chi connectivity index (χ1n) is 10.2. The van der Waals surface area contributed by atoms with E-state index in [-0.39, 0.29) is 17.0 Å². The molecule has 31 heavy (non-hydrogen) atoms. The predicted molar refractivity (Wildman–Crippen MR) is 126 cm³/mol. The number of aromatic nitrogens is 3. The Balaban J connectivity index is 2.12. The zero-order valence-electron chi connectivity index (χ0n) is 17.7. The van der Waals surface area contributed by atoms with Gasteiger partial charge in [-0.05, 0) is 41.2 Å². The summed E-state index contributed by atoms with van der Waals surface area (Å²) >= 11 is 12.9. The zero-order chi connectivity index (χ0) is 22.3. The Morgan fingerprint density at radius 2 is 1.45 bits per heavy atom. The third-order valence-corrected chi connectivity index (χ3v) is 5.97. The van der Waals surface area contributed by atoms with Crippen LogP contribution in [0.15, 0.2) is 48.5 Å². The number of halogens is 3. The summed E-state index contributed by atoms with van der Waals surface area (Å²) in [6.07, 6.45) is 0. The summed E-state index contributed by atoms with van der Waals surface area (Å²) in [6.45, 7) is 8.57. The van der Waals surface area contributed by atoms with Crippen LogP contribution < -0.4 is 0 Å². The molecule has 0 saturated heterocycles. The molecule has 2 heterocycles. The average molecular weight is 454 g/mol. The maximum absolute atomic E-state index is 14.5. The summed E-state index contributed by atoms with van der Waals surface area (Å²) in [4.78, 5) is 4.79. The van der Waals surface area contributed by atoms with Crippen LogP contribution in [0.3, 0.4) is 0 Å². The van der Waals surface area contributed by atoms with Crippen LogP contribution in [0.4, 0.5) is 4.39 Å². The van der Waals surface area contributed by atoms with E-state index in [1.165, 1.54) is 6.07 Å². The molecule has 4 rings (SSSR count). The van der Waals surface area contributed by atoms with Crippen LogP contribution in [0.25, 0.3) is 33.4 Å². The minimum absolute atomic E-state index is 0.210. The van der Waals surface area contributed by atoms with Gasteiger partial charge in [-0.2, -0.15) is 0 Å². The third-order valence-electron chi connectivity index (χ3n) is 5.40. The molecule has 0 aliphatic rings. The Labute approximate surface area is 191 Å². The van der Waals surface area contributed by atoms with Gasteiger partial charge in [0.2, 0.25) is 0 Å². The van der Waals surface area contributed by atoms with Gasteiger partial charge in [-0.25, -0.2) is 9.37 Å². The van der Waals surface area contributed by atoms with Crippen LogP contribution in [-0.4, -0.2) is 15.2 Å². The first-order valence-corrected chi connectivity index (χ1v) is 11.0. The Hall–Kier alpha value is -2.56. The minimum Gasteiger partial charge on any atom is -0.244 e. The maximum Gasteiger partial charge on any atom is 0.161 e. The van der Waals surface area contributed by atoms with Crippen molar-refractivity contribution in [2.45, 2.75) is 39.5 Å². The van der Waals surface area contributed by atoms with E-state index in [1.54, 1.807) is 24.3 Å². The summed E-state index contributed by atoms with van der Waals surface area (Å²) in [7, 11) is 0. The molecule has 4 aromatic rings. The molecule has 0 unspecified atom stereocenters. The van der Waals surface area contributed by atoms with Crippen molar-refractivity contribution in [3.05, 3.63) is 75.7 Å². The fourth-order valence-electron chi connectivity index (χ4n) is 3.86. The molecule has 0 atom stereocenters. The molecule has 2 aromatic carbocycles. The molecule has 0 saturated carbocycles. The summed E-state index contributed by atoms with van der Waals surface area (Å²) < 4.78 is 14.5. The van der Waals surface area contributed by atoms with E-state index in [9.17, 15) is 4.39 Å². The standard InChI is InChI=1S/C25H22Cl2FN3/c1-13(2)15-9-7-10-16(14(3)4)21(15)24-23-18(25(27)31-30-24)12-19(26)22(29-23)17-8-5-6-11-20(17)28/h5-14H,1-4H3. The van der Waals surface area contributed by atoms with Gasteiger partial charge in [-0.3, -0.25) is 0 Å². The lowest BCUT2D eigenvalue weighted by Crippen LogP contribution is -2.04. The number of hydrogen-bond acceptors (Lipinski definition) is 3. The second kappa shape index (κ2) is 8.52. The minimum atomic E-state index is -0.392. The van der Waals surface area contributed by atoms with E-state index >= 15 is 0 Å². The zero-order valence-corrected chi connectivity index (χ0v) is 19.3. The lowest BCUT2D eigenvalue weighted by Gasteiger charge is -2.20. The van der Waals surface area contributed by atoms with E-state index in [0.29, 0.717) is 32.9 Å². The van der Waals surface area contributed by atoms with Crippen molar-refractivity contribution < 1.29 is 4.39 Å². The van der Waals surface area contributed by atoms with Gasteiger partial charge in [-0.15, -0.1) is 10.2 Å². The van der Waals surface area contributed by atoms with E-state index in [2.05, 4.69) is 56.1 Å². The number of hydrogen-bond donors (Lipinski definition) is 0. The number of nitrogens with zero attached hydrogens (tertiary/aromatic N) is 3. The van der Waals surface area contributed by atoms with Gasteiger partial charge in [-0.1, -0.05) is 81.2 Å². The number of fused-ring (bicyclic) bond motifs is 1. The topological polar surface area (TPSA) is 38.7 Å². The second-order valence-corrected chi connectivity index (χ2v) is 8.92. The summed E-state index contributed by atoms with van der Waals surface area (Å²) in [6, 6.07) is 14.4. The van der Waals surface area contributed by atoms with Crippen LogP contribution in [0.1, 0.15) is 50.7 Å². The van der Waals surface area contributed by atoms with Crippen LogP contribution in [-0.2, 0) is 0 Å². The monoisotopic (exact) mass is 453 g/mol. The lowest BCUT2D eigenvalue weighted by molar-refractivity contribution is 0.631. The Morgan fingerprint density at radius 3 is 2.06 bits per heavy atom. The molecule has 6 heteroatoms. The van der Waals surface area contributed by atoms with Gasteiger partial charge >= 0.3 is 0 Å². The van der Waals surface area contributed by atoms with Gasteiger partial charge in [0.15, 0.2) is 5.15 Å². The maximum atomic E-state index is 14.5. The van der Waals surface area contributed by atoms with Crippen molar-refractivity contribution in [2.75, 3.05) is 0 Å². The molecule has 3 nitrogen and oxygen atoms in total. The molecule has 0 radical (unpaired) electrons. The summed E-state index contributed by atoms with van der Waals surface area (Å²) in [5.41, 5.74) is 5.15. The molecular formula is C25H22Cl2FN3. The summed E-state index contributed by atoms with van der Waals surface area (Å²) in [5, 5.41) is 9.76. The van der Waals surface area contributed by atoms with Crippen molar-refractivity contribution in [2.24, 2.45) is 0 Å². The van der Waals surface area contributed by atoms with E-state index < -0.39 is 5.82 Å². The average Bonchev–Trinajstić information content (AvgIpc) is 2.74. The largest absolute Gasteiger partial charge is 0.244 e. The molecule has 0 spiro atoms. The van der Waals surface area contributed by atoms with Crippen molar-refractivity contribution in [1.82, 2.24) is 15.2 Å². The van der Waals surface area contributed by atoms with Crippen molar-refractivity contribution in [1.29, 1.82) is 0 Å². The first-order chi connectivity index (χ1) is 14.8. The molecule has 2 aromatic heterocycles. The highest BCUT2D eigenvalue weighted by Gasteiger charge is 2.22. The van der Waals surface area contributed by atoms with Gasteiger partial charge in [0.25, 0.3) is 0 Å². The molecule has 0 fully saturated rings. The van der Waals surface area contributed by atoms with Crippen molar-refractivity contribution >= 4 is 34.1 Å². The molecule has 0 aliphatic carbocycles. The lowest BCUT2D eigenvalue weighted by atomic mass is 9.86. The highest BCUT2D eigenvalue weighted by Crippen LogP contribution is 2.40. The highest BCUT2D eigenvalue weighted by molar-refractivity contribution is 6.37. The fourth-order valence-corrected chi connectivity index (χ4v) is 4.29. The number of rotatable bonds is 4. The molecule has 0 N–H and O–H groups in total.